The fourth-order valence-corrected chi connectivity index (χ4v) is 1.91. The maximum atomic E-state index is 12.3. The molecule has 0 aromatic carbocycles. The number of hydrogen-bond donors (Lipinski definition) is 0. The second-order valence-corrected chi connectivity index (χ2v) is 5.63. The van der Waals surface area contributed by atoms with E-state index in [0.29, 0.717) is 11.8 Å². The molecule has 5 heteroatoms. The smallest absolute Gasteiger partial charge is 0.269 e. The van der Waals surface area contributed by atoms with Crippen LogP contribution in [-0.2, 0) is 11.3 Å². The Kier molecular flexibility index (Phi) is 5.73. The minimum Gasteiger partial charge on any atom is -0.341 e. The summed E-state index contributed by atoms with van der Waals surface area (Å²) in [5.74, 6) is 0.810. The molecule has 0 aliphatic heterocycles. The van der Waals surface area contributed by atoms with Gasteiger partial charge in [-0.2, -0.15) is 0 Å². The van der Waals surface area contributed by atoms with E-state index >= 15 is 0 Å². The van der Waals surface area contributed by atoms with Crippen molar-refractivity contribution in [3.05, 3.63) is 28.9 Å². The van der Waals surface area contributed by atoms with Gasteiger partial charge in [0.2, 0.25) is 5.91 Å². The molecule has 1 aromatic rings. The Morgan fingerprint density at radius 2 is 1.84 bits per heavy atom. The van der Waals surface area contributed by atoms with Crippen LogP contribution >= 0.6 is 0 Å². The largest absolute Gasteiger partial charge is 0.341 e. The highest BCUT2D eigenvalue weighted by atomic mass is 16.2. The van der Waals surface area contributed by atoms with Crippen molar-refractivity contribution in [3.63, 3.8) is 0 Å². The van der Waals surface area contributed by atoms with Crippen LogP contribution in [0.4, 0.5) is 0 Å². The summed E-state index contributed by atoms with van der Waals surface area (Å²) in [6.07, 6.45) is 4.29. The van der Waals surface area contributed by atoms with Crippen LogP contribution in [0.15, 0.2) is 23.4 Å². The van der Waals surface area contributed by atoms with Crippen molar-refractivity contribution in [2.24, 2.45) is 11.8 Å². The van der Waals surface area contributed by atoms with Crippen LogP contribution in [0.3, 0.4) is 0 Å². The van der Waals surface area contributed by atoms with Crippen molar-refractivity contribution in [1.82, 2.24) is 14.5 Å². The molecule has 5 nitrogen and oxygen atoms in total. The Hall–Kier alpha value is -1.65. The van der Waals surface area contributed by atoms with E-state index in [0.717, 1.165) is 13.1 Å². The van der Waals surface area contributed by atoms with Crippen LogP contribution in [0.1, 0.15) is 27.7 Å². The molecule has 1 amide bonds. The SMILES string of the molecule is CC(C)CN(CC(C)C)C(=O)Cn1ccncc1=O. The van der Waals surface area contributed by atoms with E-state index in [1.165, 1.54) is 17.0 Å². The third-order valence-electron chi connectivity index (χ3n) is 2.63. The lowest BCUT2D eigenvalue weighted by atomic mass is 10.1. The van der Waals surface area contributed by atoms with Gasteiger partial charge in [-0.1, -0.05) is 27.7 Å². The third-order valence-corrected chi connectivity index (χ3v) is 2.63. The second-order valence-electron chi connectivity index (χ2n) is 5.63. The molecule has 0 spiro atoms. The van der Waals surface area contributed by atoms with Crippen molar-refractivity contribution >= 4 is 5.91 Å². The molecule has 0 fully saturated rings. The molecule has 0 unspecified atom stereocenters. The summed E-state index contributed by atoms with van der Waals surface area (Å²) in [5, 5.41) is 0. The summed E-state index contributed by atoms with van der Waals surface area (Å²) in [6.45, 7) is 9.85. The standard InChI is InChI=1S/C14H23N3O2/c1-11(2)8-17(9-12(3)4)14(19)10-16-6-5-15-7-13(16)18/h5-7,11-12H,8-10H2,1-4H3. The predicted molar refractivity (Wildman–Crippen MR) is 74.8 cm³/mol. The van der Waals surface area contributed by atoms with Crippen molar-refractivity contribution < 1.29 is 4.79 Å². The van der Waals surface area contributed by atoms with Crippen LogP contribution in [-0.4, -0.2) is 33.4 Å². The van der Waals surface area contributed by atoms with Gasteiger partial charge in [0.05, 0.1) is 6.20 Å². The lowest BCUT2D eigenvalue weighted by Gasteiger charge is -2.26. The second kappa shape index (κ2) is 7.07. The van der Waals surface area contributed by atoms with Gasteiger partial charge in [0.25, 0.3) is 5.56 Å². The Balaban J connectivity index is 2.76. The normalized spacial score (nSPS) is 11.1. The first-order valence-electron chi connectivity index (χ1n) is 6.68. The maximum Gasteiger partial charge on any atom is 0.269 e. The molecule has 0 atom stereocenters. The topological polar surface area (TPSA) is 55.2 Å². The molecule has 1 aromatic heterocycles. The van der Waals surface area contributed by atoms with Crippen molar-refractivity contribution in [1.29, 1.82) is 0 Å². The van der Waals surface area contributed by atoms with Crippen molar-refractivity contribution in [2.45, 2.75) is 34.2 Å². The highest BCUT2D eigenvalue weighted by molar-refractivity contribution is 5.76. The lowest BCUT2D eigenvalue weighted by Crippen LogP contribution is -2.40. The molecule has 1 heterocycles. The van der Waals surface area contributed by atoms with Crippen molar-refractivity contribution in [2.75, 3.05) is 13.1 Å². The van der Waals surface area contributed by atoms with Gasteiger partial charge in [0, 0.05) is 25.5 Å². The monoisotopic (exact) mass is 265 g/mol. The first-order valence-corrected chi connectivity index (χ1v) is 6.68. The summed E-state index contributed by atoms with van der Waals surface area (Å²) in [7, 11) is 0. The zero-order chi connectivity index (χ0) is 14.4. The van der Waals surface area contributed by atoms with E-state index < -0.39 is 0 Å². The Labute approximate surface area is 114 Å². The minimum atomic E-state index is -0.245. The number of amides is 1. The van der Waals surface area contributed by atoms with Gasteiger partial charge in [-0.3, -0.25) is 14.6 Å². The van der Waals surface area contributed by atoms with E-state index in [1.54, 1.807) is 6.20 Å². The quantitative estimate of drug-likeness (QED) is 0.781. The molecule has 0 bridgehead atoms. The number of aromatic nitrogens is 2. The molecule has 0 saturated carbocycles. The molecule has 0 aliphatic rings. The van der Waals surface area contributed by atoms with E-state index in [1.807, 2.05) is 4.90 Å². The van der Waals surface area contributed by atoms with Crippen LogP contribution in [0.2, 0.25) is 0 Å². The molecule has 0 saturated heterocycles. The summed E-state index contributed by atoms with van der Waals surface area (Å²) < 4.78 is 1.39. The van der Waals surface area contributed by atoms with Crippen LogP contribution in [0, 0.1) is 11.8 Å². The maximum absolute atomic E-state index is 12.3. The summed E-state index contributed by atoms with van der Waals surface area (Å²) in [4.78, 5) is 29.4. The molecular formula is C14H23N3O2. The van der Waals surface area contributed by atoms with Gasteiger partial charge in [0.1, 0.15) is 6.54 Å². The molecule has 0 aliphatic carbocycles. The Bertz CT molecular complexity index is 456. The average molecular weight is 265 g/mol. The zero-order valence-corrected chi connectivity index (χ0v) is 12.2. The molecule has 106 valence electrons. The van der Waals surface area contributed by atoms with Gasteiger partial charge in [0.15, 0.2) is 0 Å². The fraction of sp³-hybridized carbons (Fsp3) is 0.643. The van der Waals surface area contributed by atoms with Crippen molar-refractivity contribution in [3.8, 4) is 0 Å². The summed E-state index contributed by atoms with van der Waals surface area (Å²) in [6, 6.07) is 0. The fourth-order valence-electron chi connectivity index (χ4n) is 1.91. The average Bonchev–Trinajstić information content (AvgIpc) is 2.30. The predicted octanol–water partition coefficient (Wildman–Crippen LogP) is 1.38. The van der Waals surface area contributed by atoms with Gasteiger partial charge in [-0.05, 0) is 11.8 Å². The van der Waals surface area contributed by atoms with E-state index in [-0.39, 0.29) is 18.0 Å². The lowest BCUT2D eigenvalue weighted by molar-refractivity contribution is -0.133. The van der Waals surface area contributed by atoms with Gasteiger partial charge in [-0.25, -0.2) is 0 Å². The molecule has 19 heavy (non-hydrogen) atoms. The van der Waals surface area contributed by atoms with E-state index in [9.17, 15) is 9.59 Å². The van der Waals surface area contributed by atoms with Crippen LogP contribution in [0.25, 0.3) is 0 Å². The Morgan fingerprint density at radius 1 is 1.26 bits per heavy atom. The highest BCUT2D eigenvalue weighted by Gasteiger charge is 2.16. The summed E-state index contributed by atoms with van der Waals surface area (Å²) >= 11 is 0. The summed E-state index contributed by atoms with van der Waals surface area (Å²) in [5.41, 5.74) is -0.245. The number of hydrogen-bond acceptors (Lipinski definition) is 3. The van der Waals surface area contributed by atoms with Crippen LogP contribution in [0.5, 0.6) is 0 Å². The third kappa shape index (κ3) is 5.24. The first kappa shape index (κ1) is 15.4. The zero-order valence-electron chi connectivity index (χ0n) is 12.2. The first-order chi connectivity index (χ1) is 8.90. The molecule has 0 radical (unpaired) electrons. The van der Waals surface area contributed by atoms with Gasteiger partial charge in [-0.15, -0.1) is 0 Å². The molecule has 1 rings (SSSR count). The van der Waals surface area contributed by atoms with E-state index in [4.69, 9.17) is 0 Å². The number of rotatable bonds is 6. The van der Waals surface area contributed by atoms with E-state index in [2.05, 4.69) is 32.7 Å². The molecular weight excluding hydrogens is 242 g/mol. The van der Waals surface area contributed by atoms with Gasteiger partial charge < -0.3 is 9.47 Å². The number of carbonyl (C=O) groups is 1. The van der Waals surface area contributed by atoms with Gasteiger partial charge >= 0.3 is 0 Å². The minimum absolute atomic E-state index is 0.0179. The van der Waals surface area contributed by atoms with Crippen LogP contribution < -0.4 is 5.56 Å². The number of carbonyl (C=O) groups excluding carboxylic acids is 1. The number of nitrogens with zero attached hydrogens (tertiary/aromatic N) is 3. The molecule has 0 N–H and O–H groups in total. The Morgan fingerprint density at radius 3 is 2.32 bits per heavy atom. The highest BCUT2D eigenvalue weighted by Crippen LogP contribution is 2.05.